The van der Waals surface area contributed by atoms with E-state index in [4.69, 9.17) is 15.5 Å². The zero-order valence-electron chi connectivity index (χ0n) is 19.9. The lowest BCUT2D eigenvalue weighted by molar-refractivity contribution is -0.351. The van der Waals surface area contributed by atoms with Crippen LogP contribution in [0.15, 0.2) is 126 Å². The third-order valence-corrected chi connectivity index (χ3v) is 5.57. The summed E-state index contributed by atoms with van der Waals surface area (Å²) in [7, 11) is 0. The van der Waals surface area contributed by atoms with E-state index in [1.165, 1.54) is 5.56 Å². The van der Waals surface area contributed by atoms with E-state index < -0.39 is 0 Å². The van der Waals surface area contributed by atoms with E-state index in [0.29, 0.717) is 5.69 Å². The number of ether oxygens (including phenoxy) is 1. The molecule has 0 fully saturated rings. The third-order valence-electron chi connectivity index (χ3n) is 5.57. The van der Waals surface area contributed by atoms with E-state index in [-0.39, 0.29) is 0 Å². The molecule has 4 aromatic rings. The second kappa shape index (κ2) is 10.6. The standard InChI is InChI=1S/C31H25N4O/c1-22-2-18-30(19-3-22)36-31-20-16-29(17-21-31)35-28-14-12-27(13-15-28)34-26-10-8-25(9-11-26)33-24-6-4-23(32)5-7-24/h2-21,32,35H,1H3/p+1. The van der Waals surface area contributed by atoms with Crippen molar-refractivity contribution in [1.29, 1.82) is 0 Å². The van der Waals surface area contributed by atoms with Gasteiger partial charge in [0.25, 0.3) is 0 Å². The van der Waals surface area contributed by atoms with E-state index in [9.17, 15) is 0 Å². The average Bonchev–Trinajstić information content (AvgIpc) is 2.90. The molecule has 1 radical (unpaired) electrons. The predicted molar refractivity (Wildman–Crippen MR) is 148 cm³/mol. The Labute approximate surface area is 211 Å². The van der Waals surface area contributed by atoms with Crippen molar-refractivity contribution >= 4 is 39.9 Å². The van der Waals surface area contributed by atoms with Gasteiger partial charge in [0.1, 0.15) is 11.5 Å². The van der Waals surface area contributed by atoms with Gasteiger partial charge in [-0.1, -0.05) is 17.7 Å². The van der Waals surface area contributed by atoms with Crippen LogP contribution in [-0.2, 0) is 0 Å². The van der Waals surface area contributed by atoms with Crippen molar-refractivity contribution in [2.24, 2.45) is 4.99 Å². The predicted octanol–water partition coefficient (Wildman–Crippen LogP) is 6.50. The first kappa shape index (κ1) is 22.9. The number of allylic oxidation sites excluding steroid dienone is 4. The number of benzene rings is 4. The lowest BCUT2D eigenvalue weighted by atomic mass is 10.1. The Hall–Kier alpha value is -4.90. The van der Waals surface area contributed by atoms with Crippen molar-refractivity contribution in [3.05, 3.63) is 127 Å². The molecule has 1 aliphatic rings. The fourth-order valence-corrected chi connectivity index (χ4v) is 3.62. The summed E-state index contributed by atoms with van der Waals surface area (Å²) in [5.74, 6) is 1.62. The zero-order chi connectivity index (χ0) is 24.7. The molecule has 0 aromatic heterocycles. The summed E-state index contributed by atoms with van der Waals surface area (Å²) in [6, 6.07) is 31.2. The Morgan fingerprint density at radius 1 is 0.667 bits per heavy atom. The highest BCUT2D eigenvalue weighted by Gasteiger charge is 2.06. The number of nitrogens with zero attached hydrogens (tertiary/aromatic N) is 1. The topological polar surface area (TPSA) is 71.4 Å². The number of hydrogen-bond acceptors (Lipinski definition) is 3. The van der Waals surface area contributed by atoms with E-state index in [1.54, 1.807) is 12.1 Å². The highest BCUT2D eigenvalue weighted by atomic mass is 16.5. The molecule has 0 amide bonds. The van der Waals surface area contributed by atoms with E-state index in [0.717, 1.165) is 45.7 Å². The lowest BCUT2D eigenvalue weighted by Crippen LogP contribution is -2.65. The Balaban J connectivity index is 1.18. The summed E-state index contributed by atoms with van der Waals surface area (Å²) in [6.07, 6.45) is 7.95. The first-order valence-corrected chi connectivity index (χ1v) is 11.7. The maximum absolute atomic E-state index is 7.57. The minimum absolute atomic E-state index is 0.498. The molecule has 0 saturated heterocycles. The monoisotopic (exact) mass is 470 g/mol. The van der Waals surface area contributed by atoms with Crippen LogP contribution in [0.2, 0.25) is 0 Å². The van der Waals surface area contributed by atoms with Gasteiger partial charge in [-0.2, -0.15) is 0 Å². The molecule has 175 valence electrons. The zero-order valence-corrected chi connectivity index (χ0v) is 19.9. The largest absolute Gasteiger partial charge is 0.457 e. The van der Waals surface area contributed by atoms with Crippen molar-refractivity contribution in [2.45, 2.75) is 6.92 Å². The lowest BCUT2D eigenvalue weighted by Gasteiger charge is -2.09. The molecule has 36 heavy (non-hydrogen) atoms. The van der Waals surface area contributed by atoms with Crippen LogP contribution in [0, 0.1) is 6.92 Å². The summed E-state index contributed by atoms with van der Waals surface area (Å²) in [5, 5.41) is 3.41. The first-order valence-electron chi connectivity index (χ1n) is 11.7. The maximum Gasteiger partial charge on any atom is 0.204 e. The molecule has 3 N–H and O–H groups in total. The normalized spacial score (nSPS) is 12.4. The average molecular weight is 471 g/mol. The van der Waals surface area contributed by atoms with Crippen LogP contribution in [0.25, 0.3) is 0 Å². The van der Waals surface area contributed by atoms with Gasteiger partial charge in [-0.25, -0.2) is 9.98 Å². The molecule has 0 aliphatic heterocycles. The minimum Gasteiger partial charge on any atom is -0.457 e. The molecule has 4 aromatic carbocycles. The number of aliphatic imine (C=N–C) groups is 1. The second-order valence-electron chi connectivity index (χ2n) is 8.47. The highest BCUT2D eigenvalue weighted by molar-refractivity contribution is 6.17. The van der Waals surface area contributed by atoms with Gasteiger partial charge in [-0.3, -0.25) is 0 Å². The number of hydrogen-bond donors (Lipinski definition) is 2. The van der Waals surface area contributed by atoms with Crippen LogP contribution in [0.3, 0.4) is 0 Å². The summed E-state index contributed by atoms with van der Waals surface area (Å²) < 4.78 is 5.90. The van der Waals surface area contributed by atoms with Crippen molar-refractivity contribution in [1.82, 2.24) is 5.73 Å². The third kappa shape index (κ3) is 6.15. The van der Waals surface area contributed by atoms with Crippen LogP contribution in [-0.4, -0.2) is 11.4 Å². The van der Waals surface area contributed by atoms with Crippen LogP contribution in [0.1, 0.15) is 5.56 Å². The van der Waals surface area contributed by atoms with Gasteiger partial charge in [0.2, 0.25) is 11.4 Å². The maximum atomic E-state index is 7.57. The van der Waals surface area contributed by atoms with Crippen molar-refractivity contribution in [3.8, 4) is 11.5 Å². The molecule has 5 rings (SSSR count). The van der Waals surface area contributed by atoms with Gasteiger partial charge in [0, 0.05) is 35.7 Å². The summed E-state index contributed by atoms with van der Waals surface area (Å²) in [5.41, 5.74) is 14.9. The Morgan fingerprint density at radius 2 is 1.22 bits per heavy atom. The number of rotatable bonds is 6. The van der Waals surface area contributed by atoms with Crippen molar-refractivity contribution < 1.29 is 9.73 Å². The Kier molecular flexibility index (Phi) is 6.72. The number of nitrogens with one attached hydrogen (secondary N) is 3. The van der Waals surface area contributed by atoms with Gasteiger partial charge >= 0.3 is 0 Å². The molecule has 0 atom stereocenters. The summed E-state index contributed by atoms with van der Waals surface area (Å²) >= 11 is 0. The molecular formula is C31H26N4O+. The minimum atomic E-state index is 0.498. The van der Waals surface area contributed by atoms with Crippen LogP contribution >= 0.6 is 0 Å². The number of anilines is 2. The van der Waals surface area contributed by atoms with Crippen molar-refractivity contribution in [2.75, 3.05) is 5.32 Å². The van der Waals surface area contributed by atoms with Crippen LogP contribution < -0.4 is 20.8 Å². The second-order valence-corrected chi connectivity index (χ2v) is 8.47. The quantitative estimate of drug-likeness (QED) is 0.316. The molecule has 5 heteroatoms. The van der Waals surface area contributed by atoms with Gasteiger partial charge < -0.3 is 15.8 Å². The van der Waals surface area contributed by atoms with Crippen molar-refractivity contribution in [3.63, 3.8) is 0 Å². The first-order chi connectivity index (χ1) is 17.6. The van der Waals surface area contributed by atoms with E-state index >= 15 is 0 Å². The molecule has 0 unspecified atom stereocenters. The molecule has 5 nitrogen and oxygen atoms in total. The summed E-state index contributed by atoms with van der Waals surface area (Å²) in [4.78, 5) is 8.04. The van der Waals surface area contributed by atoms with Gasteiger partial charge in [0.15, 0.2) is 0 Å². The molecular weight excluding hydrogens is 444 g/mol. The Morgan fingerprint density at radius 3 is 1.83 bits per heavy atom. The molecule has 1 aliphatic carbocycles. The molecule has 0 saturated carbocycles. The van der Waals surface area contributed by atoms with Gasteiger partial charge in [-0.05, 0) is 91.9 Å². The molecule has 0 spiro atoms. The Bertz CT molecular complexity index is 1430. The smallest absolute Gasteiger partial charge is 0.204 e. The van der Waals surface area contributed by atoms with E-state index in [1.807, 2.05) is 109 Å². The summed E-state index contributed by atoms with van der Waals surface area (Å²) in [6.45, 7) is 2.06. The molecule has 0 heterocycles. The van der Waals surface area contributed by atoms with Gasteiger partial charge in [0.05, 0.1) is 17.1 Å². The fraction of sp³-hybridized carbons (Fsp3) is 0.0323. The fourth-order valence-electron chi connectivity index (χ4n) is 3.62. The number of aryl methyl sites for hydroxylation is 1. The molecule has 0 bridgehead atoms. The highest BCUT2D eigenvalue weighted by Crippen LogP contribution is 2.26. The SMILES string of the molecule is Cc1ccc(Oc2ccc(Nc3ccc(N=C4C=CC(=[NH+]c5ccc([NH])cc5)C=C4)cc3)cc2)cc1. The van der Waals surface area contributed by atoms with Crippen LogP contribution in [0.4, 0.5) is 28.4 Å². The van der Waals surface area contributed by atoms with E-state index in [2.05, 4.69) is 17.2 Å². The van der Waals surface area contributed by atoms with Crippen LogP contribution in [0.5, 0.6) is 11.5 Å². The van der Waals surface area contributed by atoms with Gasteiger partial charge in [-0.15, -0.1) is 0 Å².